The second-order valence-electron chi connectivity index (χ2n) is 12.1. The molecule has 6 aliphatic rings. The number of hydrogen-bond donors (Lipinski definition) is 0. The molecular weight excluding hydrogens is 852 g/mol. The van der Waals surface area contributed by atoms with Gasteiger partial charge in [0.05, 0.1) is 0 Å². The minimum Gasteiger partial charge on any atom is -0.430 e. The van der Waals surface area contributed by atoms with Gasteiger partial charge >= 0.3 is 55.5 Å². The van der Waals surface area contributed by atoms with E-state index in [1.165, 1.54) is 13.8 Å². The summed E-state index contributed by atoms with van der Waals surface area (Å²) in [7, 11) is 0. The summed E-state index contributed by atoms with van der Waals surface area (Å²) in [6.07, 6.45) is -29.6. The van der Waals surface area contributed by atoms with Crippen LogP contribution in [-0.4, -0.2) is 129 Å². The molecule has 0 aromatic heterocycles. The molecule has 0 unspecified atom stereocenters. The van der Waals surface area contributed by atoms with Gasteiger partial charge in [0.25, 0.3) is 18.6 Å². The van der Waals surface area contributed by atoms with Crippen LogP contribution in [0.2, 0.25) is 0 Å². The molecule has 6 rings (SSSR count). The zero-order valence-electron chi connectivity index (χ0n) is 30.3. The fraction of sp³-hybridized carbons (Fsp3) is 0.786. The average Bonchev–Trinajstić information content (AvgIpc) is 3.86. The summed E-state index contributed by atoms with van der Waals surface area (Å²) in [6, 6.07) is 0. The molecule has 0 aromatic rings. The summed E-state index contributed by atoms with van der Waals surface area (Å²) in [6.45, 7) is 6.73. The van der Waals surface area contributed by atoms with Gasteiger partial charge in [0.2, 0.25) is 17.3 Å². The topological polar surface area (TPSA) is 213 Å². The Balaban J connectivity index is 0.000000351. The number of hydrogen-bond acceptors (Lipinski definition) is 18. The lowest BCUT2D eigenvalue weighted by Crippen LogP contribution is -2.49. The fourth-order valence-corrected chi connectivity index (χ4v) is 3.44. The first kappa shape index (κ1) is 50.8. The summed E-state index contributed by atoms with van der Waals surface area (Å²) in [4.78, 5) is 60.6. The summed E-state index contributed by atoms with van der Waals surface area (Å²) < 4.78 is 193. The first-order chi connectivity index (χ1) is 26.0. The highest BCUT2D eigenvalue weighted by Gasteiger charge is 2.64. The first-order valence-corrected chi connectivity index (χ1v) is 15.4. The van der Waals surface area contributed by atoms with E-state index in [1.807, 2.05) is 0 Å². The molecule has 10 atom stereocenters. The Bertz CT molecular complexity index is 1420. The van der Waals surface area contributed by atoms with Crippen molar-refractivity contribution in [2.45, 2.75) is 127 Å². The molecule has 0 saturated carbocycles. The number of alkyl halides is 12. The van der Waals surface area contributed by atoms with E-state index in [0.29, 0.717) is 0 Å². The summed E-state index contributed by atoms with van der Waals surface area (Å²) in [5.41, 5.74) is -4.98. The quantitative estimate of drug-likeness (QED) is 0.132. The van der Waals surface area contributed by atoms with E-state index < -0.39 is 122 Å². The van der Waals surface area contributed by atoms with E-state index in [-0.39, 0.29) is 6.61 Å². The van der Waals surface area contributed by atoms with Crippen molar-refractivity contribution in [1.82, 2.24) is 0 Å². The van der Waals surface area contributed by atoms with E-state index in [9.17, 15) is 81.5 Å². The van der Waals surface area contributed by atoms with Gasteiger partial charge in [0.1, 0.15) is 12.7 Å². The molecule has 0 bridgehead atoms. The summed E-state index contributed by atoms with van der Waals surface area (Å²) >= 11 is 0. The second kappa shape index (κ2) is 19.0. The van der Waals surface area contributed by atoms with E-state index in [0.717, 1.165) is 34.6 Å². The molecule has 6 aliphatic heterocycles. The average molecular weight is 885 g/mol. The standard InChI is InChI=1S/C6H7F3O3.2C5H5F3O3.3C4H5FO3/c1-3-5(2,6(7,8)9)12-4(10)11-3;1-4(5(6,7)8)2-10-3(9)11-4;1-2-3(5(6,7)8)11-4(9)10-2;1-4(5)2-7-3(6)8-4;2*1-2-3(5)8-4(6)7-2/h3H,1-2H3;2H2,1H3;2-3H,1H3;2H2,1H3;2*2-3H,1H3/t3-,5+;4-;2-,3-;4-;2-,3+;2-,3-/m011101/s1. The number of cyclic esters (lactones) is 12. The van der Waals surface area contributed by atoms with E-state index in [4.69, 9.17) is 0 Å². The van der Waals surface area contributed by atoms with Gasteiger partial charge in [-0.2, -0.15) is 52.7 Å². The molecule has 6 fully saturated rings. The van der Waals surface area contributed by atoms with Crippen LogP contribution in [-0.2, 0) is 56.8 Å². The molecule has 18 nitrogen and oxygen atoms in total. The molecule has 0 aromatic carbocycles. The van der Waals surface area contributed by atoms with Crippen molar-refractivity contribution in [3.05, 3.63) is 0 Å². The van der Waals surface area contributed by atoms with Crippen molar-refractivity contribution in [3.8, 4) is 0 Å². The van der Waals surface area contributed by atoms with Crippen LogP contribution in [0.3, 0.4) is 0 Å². The molecule has 0 aliphatic carbocycles. The third-order valence-electron chi connectivity index (χ3n) is 7.00. The number of carbonyl (C=O) groups excluding carboxylic acids is 6. The van der Waals surface area contributed by atoms with Gasteiger partial charge in [-0.15, -0.1) is 0 Å². The number of rotatable bonds is 0. The molecule has 0 spiro atoms. The van der Waals surface area contributed by atoms with Gasteiger partial charge in [0, 0.05) is 6.92 Å². The van der Waals surface area contributed by atoms with E-state index in [1.54, 1.807) is 0 Å². The van der Waals surface area contributed by atoms with Crippen molar-refractivity contribution in [2.75, 3.05) is 13.2 Å². The molecule has 6 heterocycles. The van der Waals surface area contributed by atoms with Crippen LogP contribution in [0.25, 0.3) is 0 Å². The third kappa shape index (κ3) is 14.9. The van der Waals surface area contributed by atoms with Crippen molar-refractivity contribution in [1.29, 1.82) is 0 Å². The molecule has 0 radical (unpaired) electrons. The predicted octanol–water partition coefficient (Wildman–Crippen LogP) is 7.32. The molecule has 6 saturated heterocycles. The zero-order chi connectivity index (χ0) is 45.4. The first-order valence-electron chi connectivity index (χ1n) is 15.4. The van der Waals surface area contributed by atoms with Crippen LogP contribution in [0.1, 0.15) is 48.5 Å². The van der Waals surface area contributed by atoms with Crippen molar-refractivity contribution < 1.29 is 138 Å². The summed E-state index contributed by atoms with van der Waals surface area (Å²) in [5, 5.41) is 0. The van der Waals surface area contributed by atoms with Gasteiger partial charge in [-0.3, -0.25) is 0 Å². The highest BCUT2D eigenvalue weighted by molar-refractivity contribution is 5.64. The lowest BCUT2D eigenvalue weighted by atomic mass is 10.0. The summed E-state index contributed by atoms with van der Waals surface area (Å²) in [5.74, 6) is -1.91. The van der Waals surface area contributed by atoms with Crippen LogP contribution in [0.5, 0.6) is 0 Å². The molecular formula is C28H32F12O18. The van der Waals surface area contributed by atoms with Crippen LogP contribution in [0.4, 0.5) is 81.5 Å². The minimum absolute atomic E-state index is 0.300. The minimum atomic E-state index is -4.60. The highest BCUT2D eigenvalue weighted by atomic mass is 19.4. The van der Waals surface area contributed by atoms with E-state index in [2.05, 4.69) is 56.8 Å². The van der Waals surface area contributed by atoms with Gasteiger partial charge < -0.3 is 56.8 Å². The maximum Gasteiger partial charge on any atom is 0.511 e. The Morgan fingerprint density at radius 1 is 0.500 bits per heavy atom. The number of carbonyl (C=O) groups is 6. The Hall–Kier alpha value is -5.22. The second-order valence-corrected chi connectivity index (χ2v) is 12.1. The predicted molar refractivity (Wildman–Crippen MR) is 151 cm³/mol. The van der Waals surface area contributed by atoms with Crippen molar-refractivity contribution in [2.24, 2.45) is 0 Å². The van der Waals surface area contributed by atoms with Crippen LogP contribution < -0.4 is 0 Å². The lowest BCUT2D eigenvalue weighted by molar-refractivity contribution is -0.250. The fourth-order valence-electron chi connectivity index (χ4n) is 3.44. The van der Waals surface area contributed by atoms with Gasteiger partial charge in [0.15, 0.2) is 24.9 Å². The molecule has 336 valence electrons. The zero-order valence-corrected chi connectivity index (χ0v) is 30.3. The SMILES string of the molecule is C[C@@H]1OC(=O)O[C@@]1(C)C(F)(F)F.C[C@@H]1OC(=O)O[C@H]1F.C[C@H]1OC(=O)O[C@H]1C(F)(F)F.C[C@H]1OC(=O)O[C@H]1F.C[C@]1(C(F)(F)F)COC(=O)O1.C[C@]1(F)COC(=O)O1. The van der Waals surface area contributed by atoms with Gasteiger partial charge in [-0.1, -0.05) is 0 Å². The Morgan fingerprint density at radius 2 is 0.914 bits per heavy atom. The van der Waals surface area contributed by atoms with Crippen molar-refractivity contribution >= 4 is 36.9 Å². The Kier molecular flexibility index (Phi) is 16.7. The lowest BCUT2D eigenvalue weighted by Gasteiger charge is -2.26. The molecule has 0 amide bonds. The van der Waals surface area contributed by atoms with Gasteiger partial charge in [-0.25, -0.2) is 28.8 Å². The van der Waals surface area contributed by atoms with Crippen LogP contribution >= 0.6 is 0 Å². The smallest absolute Gasteiger partial charge is 0.430 e. The van der Waals surface area contributed by atoms with Crippen molar-refractivity contribution in [3.63, 3.8) is 0 Å². The van der Waals surface area contributed by atoms with Gasteiger partial charge in [-0.05, 0) is 41.5 Å². The molecule has 58 heavy (non-hydrogen) atoms. The third-order valence-corrected chi connectivity index (χ3v) is 7.00. The molecule has 0 N–H and O–H groups in total. The monoisotopic (exact) mass is 884 g/mol. The van der Waals surface area contributed by atoms with Crippen LogP contribution in [0.15, 0.2) is 0 Å². The number of ether oxygens (including phenoxy) is 12. The molecule has 30 heteroatoms. The number of halogens is 12. The Labute approximate surface area is 316 Å². The maximum absolute atomic E-state index is 12.3. The normalized spacial score (nSPS) is 34.5. The Morgan fingerprint density at radius 3 is 1.05 bits per heavy atom. The van der Waals surface area contributed by atoms with E-state index >= 15 is 0 Å². The van der Waals surface area contributed by atoms with Crippen LogP contribution in [0, 0.1) is 0 Å². The largest absolute Gasteiger partial charge is 0.511 e. The highest BCUT2D eigenvalue weighted by Crippen LogP contribution is 2.41. The maximum atomic E-state index is 12.3.